The van der Waals surface area contributed by atoms with E-state index in [0.717, 1.165) is 12.8 Å². The summed E-state index contributed by atoms with van der Waals surface area (Å²) in [7, 11) is 1.57. The van der Waals surface area contributed by atoms with Crippen LogP contribution in [0.25, 0.3) is 0 Å². The third-order valence-corrected chi connectivity index (χ3v) is 3.43. The number of amides is 3. The van der Waals surface area contributed by atoms with Crippen molar-refractivity contribution in [1.29, 1.82) is 0 Å². The first-order valence-electron chi connectivity index (χ1n) is 6.97. The Morgan fingerprint density at radius 1 is 1.29 bits per heavy atom. The first kappa shape index (κ1) is 17.2. The Balaban J connectivity index is 2.40. The molecule has 0 saturated heterocycles. The molecule has 3 amide bonds. The number of hydrogen-bond acceptors (Lipinski definition) is 4. The van der Waals surface area contributed by atoms with Crippen molar-refractivity contribution < 1.29 is 24.2 Å². The monoisotopic (exact) mass is 301 g/mol. The molecule has 21 heavy (non-hydrogen) atoms. The fourth-order valence-electron chi connectivity index (χ4n) is 2.01. The van der Waals surface area contributed by atoms with Crippen molar-refractivity contribution in [3.8, 4) is 0 Å². The Labute approximate surface area is 123 Å². The quantitative estimate of drug-likeness (QED) is 0.539. The van der Waals surface area contributed by atoms with Crippen LogP contribution in [0.3, 0.4) is 0 Å². The molecule has 1 unspecified atom stereocenters. The van der Waals surface area contributed by atoms with Crippen LogP contribution in [0.1, 0.15) is 19.8 Å². The van der Waals surface area contributed by atoms with Crippen LogP contribution in [0, 0.1) is 5.92 Å². The number of nitrogens with zero attached hydrogens (tertiary/aromatic N) is 1. The van der Waals surface area contributed by atoms with E-state index in [1.54, 1.807) is 12.0 Å². The largest absolute Gasteiger partial charge is 0.480 e. The summed E-state index contributed by atoms with van der Waals surface area (Å²) >= 11 is 0. The Hall–Kier alpha value is -1.83. The standard InChI is InChI=1S/C13H23N3O5/c1-9(10-3-4-10)16(5-6-21-2)13(20)15-7-11(17)14-8-12(18)19/h9-10H,3-8H2,1-2H3,(H,14,17)(H,15,20)(H,18,19). The van der Waals surface area contributed by atoms with Gasteiger partial charge in [-0.2, -0.15) is 0 Å². The number of rotatable bonds is 9. The number of carboxylic acids is 1. The third-order valence-electron chi connectivity index (χ3n) is 3.43. The number of hydrogen-bond donors (Lipinski definition) is 3. The SMILES string of the molecule is COCCN(C(=O)NCC(=O)NCC(=O)O)C(C)C1CC1. The number of carbonyl (C=O) groups is 3. The van der Waals surface area contributed by atoms with Gasteiger partial charge in [-0.05, 0) is 25.7 Å². The molecule has 1 rings (SSSR count). The second-order valence-electron chi connectivity index (χ2n) is 5.09. The molecular formula is C13H23N3O5. The molecule has 120 valence electrons. The van der Waals surface area contributed by atoms with Crippen molar-refractivity contribution in [2.24, 2.45) is 5.92 Å². The van der Waals surface area contributed by atoms with Crippen LogP contribution in [-0.2, 0) is 14.3 Å². The van der Waals surface area contributed by atoms with Gasteiger partial charge >= 0.3 is 12.0 Å². The van der Waals surface area contributed by atoms with Crippen LogP contribution >= 0.6 is 0 Å². The number of ether oxygens (including phenoxy) is 1. The van der Waals surface area contributed by atoms with E-state index in [-0.39, 0.29) is 18.6 Å². The third kappa shape index (κ3) is 6.44. The molecule has 0 spiro atoms. The van der Waals surface area contributed by atoms with Gasteiger partial charge in [0, 0.05) is 19.7 Å². The van der Waals surface area contributed by atoms with E-state index in [1.165, 1.54) is 0 Å². The predicted molar refractivity (Wildman–Crippen MR) is 74.8 cm³/mol. The number of urea groups is 1. The van der Waals surface area contributed by atoms with Gasteiger partial charge in [0.15, 0.2) is 0 Å². The minimum atomic E-state index is -1.13. The van der Waals surface area contributed by atoms with Crippen molar-refractivity contribution in [2.45, 2.75) is 25.8 Å². The van der Waals surface area contributed by atoms with Crippen molar-refractivity contribution in [3.63, 3.8) is 0 Å². The molecule has 3 N–H and O–H groups in total. The summed E-state index contributed by atoms with van der Waals surface area (Å²) < 4.78 is 5.00. The second-order valence-corrected chi connectivity index (χ2v) is 5.09. The van der Waals surface area contributed by atoms with E-state index in [4.69, 9.17) is 9.84 Å². The maximum atomic E-state index is 12.1. The van der Waals surface area contributed by atoms with Gasteiger partial charge in [0.1, 0.15) is 6.54 Å². The predicted octanol–water partition coefficient (Wildman–Crippen LogP) is -0.356. The Morgan fingerprint density at radius 2 is 1.95 bits per heavy atom. The molecule has 8 heteroatoms. The van der Waals surface area contributed by atoms with Crippen LogP contribution in [0.5, 0.6) is 0 Å². The number of carbonyl (C=O) groups excluding carboxylic acids is 2. The van der Waals surface area contributed by atoms with Crippen molar-refractivity contribution in [3.05, 3.63) is 0 Å². The molecule has 8 nitrogen and oxygen atoms in total. The molecule has 1 atom stereocenters. The lowest BCUT2D eigenvalue weighted by molar-refractivity contribution is -0.137. The zero-order chi connectivity index (χ0) is 15.8. The molecular weight excluding hydrogens is 278 g/mol. The van der Waals surface area contributed by atoms with E-state index < -0.39 is 18.4 Å². The highest BCUT2D eigenvalue weighted by Crippen LogP contribution is 2.35. The van der Waals surface area contributed by atoms with Crippen LogP contribution in [-0.4, -0.2) is 67.3 Å². The van der Waals surface area contributed by atoms with Gasteiger partial charge in [0.25, 0.3) is 0 Å². The summed E-state index contributed by atoms with van der Waals surface area (Å²) in [6.07, 6.45) is 2.22. The highest BCUT2D eigenvalue weighted by atomic mass is 16.5. The molecule has 1 aliphatic rings. The van der Waals surface area contributed by atoms with Gasteiger partial charge in [-0.25, -0.2) is 4.79 Å². The highest BCUT2D eigenvalue weighted by Gasteiger charge is 2.34. The van der Waals surface area contributed by atoms with Gasteiger partial charge in [-0.15, -0.1) is 0 Å². The Morgan fingerprint density at radius 3 is 2.48 bits per heavy atom. The van der Waals surface area contributed by atoms with Gasteiger partial charge in [0.2, 0.25) is 5.91 Å². The molecule has 0 aliphatic heterocycles. The van der Waals surface area contributed by atoms with E-state index in [1.807, 2.05) is 6.92 Å². The highest BCUT2D eigenvalue weighted by molar-refractivity contribution is 5.86. The summed E-state index contributed by atoms with van der Waals surface area (Å²) in [6.45, 7) is 2.16. The van der Waals surface area contributed by atoms with Gasteiger partial charge in [-0.3, -0.25) is 9.59 Å². The lowest BCUT2D eigenvalue weighted by Crippen LogP contribution is -2.49. The topological polar surface area (TPSA) is 108 Å². The molecule has 1 fully saturated rings. The summed E-state index contributed by atoms with van der Waals surface area (Å²) in [5.74, 6) is -1.15. The fraction of sp³-hybridized carbons (Fsp3) is 0.769. The smallest absolute Gasteiger partial charge is 0.322 e. The summed E-state index contributed by atoms with van der Waals surface area (Å²) in [5, 5.41) is 13.1. The summed E-state index contributed by atoms with van der Waals surface area (Å²) in [6, 6.07) is -0.237. The number of aliphatic carboxylic acids is 1. The maximum absolute atomic E-state index is 12.1. The molecule has 1 aliphatic carbocycles. The molecule has 0 aromatic carbocycles. The van der Waals surface area contributed by atoms with Crippen molar-refractivity contribution >= 4 is 17.9 Å². The minimum Gasteiger partial charge on any atom is -0.480 e. The lowest BCUT2D eigenvalue weighted by atomic mass is 10.2. The van der Waals surface area contributed by atoms with Crippen LogP contribution < -0.4 is 10.6 Å². The summed E-state index contributed by atoms with van der Waals surface area (Å²) in [5.41, 5.74) is 0. The van der Waals surface area contributed by atoms with Crippen LogP contribution in [0.4, 0.5) is 4.79 Å². The molecule has 0 aromatic heterocycles. The average Bonchev–Trinajstić information content (AvgIpc) is 3.27. The molecule has 0 radical (unpaired) electrons. The minimum absolute atomic E-state index is 0.0993. The van der Waals surface area contributed by atoms with E-state index in [0.29, 0.717) is 19.1 Å². The zero-order valence-corrected chi connectivity index (χ0v) is 12.4. The van der Waals surface area contributed by atoms with Crippen molar-refractivity contribution in [1.82, 2.24) is 15.5 Å². The lowest BCUT2D eigenvalue weighted by Gasteiger charge is -2.29. The van der Waals surface area contributed by atoms with E-state index in [9.17, 15) is 14.4 Å². The van der Waals surface area contributed by atoms with Gasteiger partial charge < -0.3 is 25.4 Å². The summed E-state index contributed by atoms with van der Waals surface area (Å²) in [4.78, 5) is 35.5. The average molecular weight is 301 g/mol. The fourth-order valence-corrected chi connectivity index (χ4v) is 2.01. The number of methoxy groups -OCH3 is 1. The first-order valence-corrected chi connectivity index (χ1v) is 6.97. The van der Waals surface area contributed by atoms with Crippen LogP contribution in [0.2, 0.25) is 0 Å². The van der Waals surface area contributed by atoms with Crippen LogP contribution in [0.15, 0.2) is 0 Å². The molecule has 0 heterocycles. The molecule has 1 saturated carbocycles. The molecule has 0 bridgehead atoms. The normalized spacial score (nSPS) is 15.1. The van der Waals surface area contributed by atoms with Gasteiger partial charge in [0.05, 0.1) is 13.2 Å². The second kappa shape index (κ2) is 8.46. The first-order chi connectivity index (χ1) is 9.95. The van der Waals surface area contributed by atoms with Crippen molar-refractivity contribution in [2.75, 3.05) is 33.4 Å². The molecule has 0 aromatic rings. The Kier molecular flexibility index (Phi) is 6.93. The maximum Gasteiger partial charge on any atom is 0.322 e. The Bertz CT molecular complexity index is 384. The van der Waals surface area contributed by atoms with E-state index >= 15 is 0 Å². The van der Waals surface area contributed by atoms with Gasteiger partial charge in [-0.1, -0.05) is 0 Å². The van der Waals surface area contributed by atoms with E-state index in [2.05, 4.69) is 10.6 Å². The number of carboxylic acid groups (broad SMARTS) is 1. The number of nitrogens with one attached hydrogen (secondary N) is 2. The zero-order valence-electron chi connectivity index (χ0n) is 12.4.